The van der Waals surface area contributed by atoms with Crippen molar-refractivity contribution in [3.63, 3.8) is 0 Å². The van der Waals surface area contributed by atoms with E-state index in [2.05, 4.69) is 85.7 Å². The highest BCUT2D eigenvalue weighted by Crippen LogP contribution is 2.36. The first-order valence-corrected chi connectivity index (χ1v) is 22.4. The Hall–Kier alpha value is -7.52. The molecule has 0 radical (unpaired) electrons. The smallest absolute Gasteiger partial charge is 0.407 e. The van der Waals surface area contributed by atoms with Gasteiger partial charge in [0.05, 0.1) is 44.4 Å². The van der Waals surface area contributed by atoms with Crippen LogP contribution >= 0.6 is 24.8 Å². The van der Waals surface area contributed by atoms with E-state index in [0.717, 1.165) is 58.3 Å². The predicted octanol–water partition coefficient (Wildman–Crippen LogP) is 9.19. The first-order valence-electron chi connectivity index (χ1n) is 22.4. The number of alkyl carbamates (subject to hydrolysis) is 2. The molecule has 0 spiro atoms. The van der Waals surface area contributed by atoms with Gasteiger partial charge < -0.3 is 39.9 Å². The number of imidazole rings is 2. The summed E-state index contributed by atoms with van der Waals surface area (Å²) in [6.07, 6.45) is 5.11. The van der Waals surface area contributed by atoms with E-state index in [4.69, 9.17) is 14.5 Å². The van der Waals surface area contributed by atoms with Gasteiger partial charge in [0.25, 0.3) is 5.91 Å². The van der Waals surface area contributed by atoms with Gasteiger partial charge in [0.15, 0.2) is 0 Å². The van der Waals surface area contributed by atoms with Gasteiger partial charge in [-0.05, 0) is 95.4 Å². The fraction of sp³-hybridized carbons (Fsp3) is 0.283. The van der Waals surface area contributed by atoms with Crippen LogP contribution in [0.1, 0.15) is 86.1 Å². The number of aromatic nitrogens is 4. The molecule has 2 saturated heterocycles. The third kappa shape index (κ3) is 11.8. The maximum atomic E-state index is 14.0. The Kier molecular flexibility index (Phi) is 17.3. The van der Waals surface area contributed by atoms with E-state index in [9.17, 15) is 19.2 Å². The minimum absolute atomic E-state index is 0. The number of nitrogens with one attached hydrogen (secondary N) is 4. The van der Waals surface area contributed by atoms with Crippen molar-refractivity contribution in [2.24, 2.45) is 5.92 Å². The summed E-state index contributed by atoms with van der Waals surface area (Å²) < 4.78 is 9.64. The van der Waals surface area contributed by atoms with Gasteiger partial charge in [-0.2, -0.15) is 0 Å². The molecule has 4 N–H and O–H groups in total. The number of carbonyl (C=O) groups is 4. The highest BCUT2D eigenvalue weighted by atomic mass is 35.5. The maximum absolute atomic E-state index is 14.0. The number of likely N-dealkylation sites (tertiary alicyclic amines) is 2. The molecule has 16 heteroatoms. The average Bonchev–Trinajstić information content (AvgIpc) is 4.22. The van der Waals surface area contributed by atoms with E-state index < -0.39 is 24.3 Å². The van der Waals surface area contributed by atoms with Crippen LogP contribution in [0.5, 0.6) is 0 Å². The van der Waals surface area contributed by atoms with Crippen molar-refractivity contribution in [1.29, 1.82) is 0 Å². The van der Waals surface area contributed by atoms with Crippen LogP contribution in [0.4, 0.5) is 9.59 Å². The van der Waals surface area contributed by atoms with Crippen molar-refractivity contribution >= 4 is 48.8 Å². The van der Waals surface area contributed by atoms with E-state index in [-0.39, 0.29) is 54.6 Å². The number of carbonyl (C=O) groups excluding carboxylic acids is 4. The highest BCUT2D eigenvalue weighted by molar-refractivity contribution is 5.88. The molecule has 14 nitrogen and oxygen atoms in total. The molecule has 2 fully saturated rings. The molecule has 2 aliphatic rings. The van der Waals surface area contributed by atoms with E-state index in [1.807, 2.05) is 68.4 Å². The monoisotopic (exact) mass is 968 g/mol. The lowest BCUT2D eigenvalue weighted by atomic mass is 9.94. The quantitative estimate of drug-likeness (QED) is 0.0930. The van der Waals surface area contributed by atoms with Crippen molar-refractivity contribution in [1.82, 2.24) is 40.4 Å². The number of ether oxygens (including phenoxy) is 2. The van der Waals surface area contributed by atoms with Crippen molar-refractivity contribution in [2.45, 2.75) is 63.7 Å². The number of H-pyrrole nitrogens is 2. The normalized spacial score (nSPS) is 15.8. The average molecular weight is 970 g/mol. The van der Waals surface area contributed by atoms with Gasteiger partial charge in [-0.25, -0.2) is 19.6 Å². The molecule has 0 unspecified atom stereocenters. The lowest BCUT2D eigenvalue weighted by Gasteiger charge is -2.30. The molecular formula is C53H54Cl2N8O6. The molecular weight excluding hydrogens is 916 g/mol. The van der Waals surface area contributed by atoms with Crippen LogP contribution in [0.3, 0.4) is 0 Å². The molecule has 4 amide bonds. The van der Waals surface area contributed by atoms with Crippen molar-refractivity contribution in [3.05, 3.63) is 144 Å². The maximum Gasteiger partial charge on any atom is 0.407 e. The van der Waals surface area contributed by atoms with Crippen LogP contribution in [0.2, 0.25) is 0 Å². The summed E-state index contributed by atoms with van der Waals surface area (Å²) in [5, 5.41) is 5.41. The van der Waals surface area contributed by atoms with E-state index >= 15 is 0 Å². The second-order valence-corrected chi connectivity index (χ2v) is 16.8. The molecule has 356 valence electrons. The number of hydrogen-bond donors (Lipinski definition) is 4. The third-order valence-electron chi connectivity index (χ3n) is 12.2. The van der Waals surface area contributed by atoms with Gasteiger partial charge in [-0.3, -0.25) is 9.59 Å². The Balaban J connectivity index is 0.00000391. The molecule has 4 heterocycles. The molecule has 2 aliphatic heterocycles. The number of halogens is 2. The molecule has 2 aromatic heterocycles. The lowest BCUT2D eigenvalue weighted by Crippen LogP contribution is -2.51. The van der Waals surface area contributed by atoms with E-state index in [0.29, 0.717) is 42.4 Å². The molecule has 4 atom stereocenters. The number of amides is 4. The third-order valence-corrected chi connectivity index (χ3v) is 12.2. The van der Waals surface area contributed by atoms with E-state index in [1.54, 1.807) is 34.3 Å². The fourth-order valence-electron chi connectivity index (χ4n) is 8.76. The number of aromatic amines is 2. The Bertz CT molecular complexity index is 2880. The molecule has 0 aliphatic carbocycles. The second-order valence-electron chi connectivity index (χ2n) is 16.8. The Morgan fingerprint density at radius 2 is 1.25 bits per heavy atom. The number of methoxy groups -OCH3 is 2. The Labute approximate surface area is 414 Å². The molecule has 0 bridgehead atoms. The molecule has 6 aromatic rings. The van der Waals surface area contributed by atoms with Gasteiger partial charge in [-0.1, -0.05) is 105 Å². The summed E-state index contributed by atoms with van der Waals surface area (Å²) >= 11 is 0. The van der Waals surface area contributed by atoms with Crippen molar-refractivity contribution < 1.29 is 28.7 Å². The minimum atomic E-state index is -0.919. The Morgan fingerprint density at radius 3 is 1.93 bits per heavy atom. The van der Waals surface area contributed by atoms with Gasteiger partial charge in [-0.15, -0.1) is 24.8 Å². The second kappa shape index (κ2) is 23.5. The predicted molar refractivity (Wildman–Crippen MR) is 268 cm³/mol. The molecule has 0 saturated carbocycles. The fourth-order valence-corrected chi connectivity index (χ4v) is 8.76. The number of benzene rings is 4. The van der Waals surface area contributed by atoms with Crippen LogP contribution in [0.25, 0.3) is 33.5 Å². The van der Waals surface area contributed by atoms with Crippen LogP contribution in [0, 0.1) is 29.6 Å². The summed E-state index contributed by atoms with van der Waals surface area (Å²) in [6.45, 7) is 4.85. The van der Waals surface area contributed by atoms with E-state index in [1.165, 1.54) is 14.2 Å². The molecule has 69 heavy (non-hydrogen) atoms. The zero-order valence-electron chi connectivity index (χ0n) is 38.7. The van der Waals surface area contributed by atoms with Gasteiger partial charge in [0.2, 0.25) is 5.91 Å². The zero-order valence-corrected chi connectivity index (χ0v) is 40.3. The van der Waals surface area contributed by atoms with Crippen LogP contribution < -0.4 is 10.6 Å². The number of rotatable bonds is 11. The van der Waals surface area contributed by atoms with Crippen molar-refractivity contribution in [2.75, 3.05) is 27.3 Å². The first kappa shape index (κ1) is 50.9. The Morgan fingerprint density at radius 1 is 0.652 bits per heavy atom. The topological polar surface area (TPSA) is 175 Å². The summed E-state index contributed by atoms with van der Waals surface area (Å²) in [4.78, 5) is 71.9. The standard InChI is InChI=1S/C53H52N8O6.2ClH/c1-34(2)46(58-52(64)66-3)50(62)60-28-15-25-45(60)49-55-33-43(57-49)40-27-26-36(42(31-40)39-22-13-21-38(30-39)35-16-7-5-8-17-35)18-11-12-23-41-32-54-48(56-41)44-24-14-29-61(44)51(63)47(59-53(65)67-4)37-19-9-6-10-20-37;;/h5-10,13,16-17,19-22,26-27,30-34,44-47H,14-15,24-25,28-29H2,1-4H3,(H,54,56)(H,55,57)(H,58,64)(H,59,65);2*1H/t44-,45-,46-,47+;;/m0../s1. The molecule has 4 aromatic carbocycles. The lowest BCUT2D eigenvalue weighted by molar-refractivity contribution is -0.135. The van der Waals surface area contributed by atoms with Gasteiger partial charge in [0.1, 0.15) is 29.4 Å². The number of hydrogen-bond acceptors (Lipinski definition) is 8. The SMILES string of the molecule is COC(=O)N[C@H](C(=O)N1CCC[C@H]1c1ncc(-c2ccc(C#CC#Cc3cnc([C@@H]4CCCN4C(=O)[C@H](NC(=O)OC)c4ccccc4)[nH]3)c(-c3cccc(-c4ccccc4)c3)c2)[nH]1)C(C)C.Cl.Cl. The van der Waals surface area contributed by atoms with Crippen LogP contribution in [-0.4, -0.2) is 87.1 Å². The minimum Gasteiger partial charge on any atom is -0.453 e. The number of nitrogens with zero attached hydrogens (tertiary/aromatic N) is 4. The summed E-state index contributed by atoms with van der Waals surface area (Å²) in [5.74, 6) is 13.1. The highest BCUT2D eigenvalue weighted by Gasteiger charge is 2.39. The summed E-state index contributed by atoms with van der Waals surface area (Å²) in [6, 6.07) is 31.4. The van der Waals surface area contributed by atoms with Crippen LogP contribution in [0.15, 0.2) is 116 Å². The van der Waals surface area contributed by atoms with Gasteiger partial charge >= 0.3 is 12.2 Å². The largest absolute Gasteiger partial charge is 0.453 e. The molecule has 8 rings (SSSR count). The van der Waals surface area contributed by atoms with Gasteiger partial charge in [0, 0.05) is 24.2 Å². The van der Waals surface area contributed by atoms with Crippen LogP contribution in [-0.2, 0) is 19.1 Å². The first-order chi connectivity index (χ1) is 32.6. The summed E-state index contributed by atoms with van der Waals surface area (Å²) in [5.41, 5.74) is 7.67. The summed E-state index contributed by atoms with van der Waals surface area (Å²) in [7, 11) is 2.55. The zero-order chi connectivity index (χ0) is 46.9. The van der Waals surface area contributed by atoms with Crippen molar-refractivity contribution in [3.8, 4) is 57.2 Å².